The Morgan fingerprint density at radius 2 is 2.14 bits per heavy atom. The molecule has 0 bridgehead atoms. The van der Waals surface area contributed by atoms with Gasteiger partial charge in [-0.15, -0.1) is 0 Å². The maximum Gasteiger partial charge on any atom is 0.272 e. The molecule has 3 aromatic rings. The summed E-state index contributed by atoms with van der Waals surface area (Å²) < 4.78 is 0. The summed E-state index contributed by atoms with van der Waals surface area (Å²) in [6.45, 7) is 2.49. The van der Waals surface area contributed by atoms with Crippen LogP contribution in [0.4, 0.5) is 5.69 Å². The van der Waals surface area contributed by atoms with Crippen LogP contribution in [0.3, 0.4) is 0 Å². The fourth-order valence-electron chi connectivity index (χ4n) is 2.29. The number of fused-ring (bicyclic) bond motifs is 1. The highest BCUT2D eigenvalue weighted by Gasteiger charge is 2.13. The van der Waals surface area contributed by atoms with Crippen LogP contribution >= 0.6 is 0 Å². The molecule has 3 rings (SSSR count). The van der Waals surface area contributed by atoms with E-state index in [2.05, 4.69) is 15.5 Å². The van der Waals surface area contributed by atoms with E-state index in [9.17, 15) is 4.79 Å². The van der Waals surface area contributed by atoms with Gasteiger partial charge in [0.05, 0.1) is 5.52 Å². The highest BCUT2D eigenvalue weighted by atomic mass is 16.1. The van der Waals surface area contributed by atoms with Crippen molar-refractivity contribution in [2.45, 2.75) is 13.5 Å². The van der Waals surface area contributed by atoms with Crippen molar-refractivity contribution in [3.63, 3.8) is 0 Å². The van der Waals surface area contributed by atoms with E-state index >= 15 is 0 Å². The van der Waals surface area contributed by atoms with Gasteiger partial charge in [-0.1, -0.05) is 29.8 Å². The Bertz CT molecular complexity index is 807. The zero-order chi connectivity index (χ0) is 14.8. The van der Waals surface area contributed by atoms with Gasteiger partial charge in [0, 0.05) is 17.6 Å². The largest absolute Gasteiger partial charge is 0.399 e. The number of nitrogens with two attached hydrogens (primary N) is 1. The van der Waals surface area contributed by atoms with Gasteiger partial charge in [0.15, 0.2) is 5.69 Å². The van der Waals surface area contributed by atoms with Crippen LogP contribution in [0.15, 0.2) is 42.5 Å². The minimum atomic E-state index is -0.214. The van der Waals surface area contributed by atoms with Gasteiger partial charge in [0.2, 0.25) is 0 Å². The van der Waals surface area contributed by atoms with E-state index in [-0.39, 0.29) is 5.91 Å². The molecule has 0 aliphatic rings. The first kappa shape index (κ1) is 13.2. The molecule has 2 aromatic carbocycles. The molecule has 0 unspecified atom stereocenters. The Kier molecular flexibility index (Phi) is 3.31. The summed E-state index contributed by atoms with van der Waals surface area (Å²) in [5.41, 5.74) is 9.75. The third kappa shape index (κ3) is 2.72. The first-order chi connectivity index (χ1) is 10.1. The van der Waals surface area contributed by atoms with Gasteiger partial charge in [-0.05, 0) is 30.7 Å². The van der Waals surface area contributed by atoms with Gasteiger partial charge >= 0.3 is 0 Å². The number of nitrogens with zero attached hydrogens (tertiary/aromatic N) is 1. The van der Waals surface area contributed by atoms with Crippen LogP contribution in [0.2, 0.25) is 0 Å². The van der Waals surface area contributed by atoms with E-state index in [0.29, 0.717) is 17.9 Å². The lowest BCUT2D eigenvalue weighted by Crippen LogP contribution is -2.23. The summed E-state index contributed by atoms with van der Waals surface area (Å²) in [6.07, 6.45) is 0. The third-order valence-corrected chi connectivity index (χ3v) is 3.34. The van der Waals surface area contributed by atoms with Crippen LogP contribution in [0.1, 0.15) is 21.6 Å². The number of benzene rings is 2. The number of carbonyl (C=O) groups is 1. The zero-order valence-corrected chi connectivity index (χ0v) is 11.7. The topological polar surface area (TPSA) is 83.8 Å². The number of aryl methyl sites for hydroxylation is 1. The van der Waals surface area contributed by atoms with E-state index < -0.39 is 0 Å². The van der Waals surface area contributed by atoms with E-state index in [1.807, 2.05) is 37.3 Å². The lowest BCUT2D eigenvalue weighted by atomic mass is 10.1. The predicted molar refractivity (Wildman–Crippen MR) is 82.9 cm³/mol. The molecule has 0 atom stereocenters. The lowest BCUT2D eigenvalue weighted by Gasteiger charge is -2.05. The van der Waals surface area contributed by atoms with Gasteiger partial charge in [0.1, 0.15) is 0 Å². The van der Waals surface area contributed by atoms with Crippen molar-refractivity contribution < 1.29 is 4.79 Å². The molecule has 1 amide bonds. The summed E-state index contributed by atoms with van der Waals surface area (Å²) in [4.78, 5) is 12.3. The molecule has 0 saturated carbocycles. The number of amides is 1. The van der Waals surface area contributed by atoms with Crippen molar-refractivity contribution in [3.05, 3.63) is 59.3 Å². The molecule has 0 spiro atoms. The Labute approximate surface area is 122 Å². The van der Waals surface area contributed by atoms with Crippen LogP contribution in [0, 0.1) is 6.92 Å². The Morgan fingerprint density at radius 1 is 1.29 bits per heavy atom. The zero-order valence-electron chi connectivity index (χ0n) is 11.7. The molecule has 0 aliphatic heterocycles. The van der Waals surface area contributed by atoms with Crippen LogP contribution < -0.4 is 11.1 Å². The van der Waals surface area contributed by atoms with Crippen molar-refractivity contribution in [1.82, 2.24) is 15.5 Å². The standard InChI is InChI=1S/C16H16N4O/c1-10-3-2-4-11(7-10)9-18-16(21)15-13-8-12(17)5-6-14(13)19-20-15/h2-8H,9,17H2,1H3,(H,18,21)(H,19,20). The number of carbonyl (C=O) groups excluding carboxylic acids is 1. The van der Waals surface area contributed by atoms with E-state index in [1.165, 1.54) is 5.56 Å². The minimum Gasteiger partial charge on any atom is -0.399 e. The fraction of sp³-hybridized carbons (Fsp3) is 0.125. The lowest BCUT2D eigenvalue weighted by molar-refractivity contribution is 0.0947. The number of nitrogens with one attached hydrogen (secondary N) is 2. The Balaban J connectivity index is 1.79. The van der Waals surface area contributed by atoms with Gasteiger partial charge in [0.25, 0.3) is 5.91 Å². The Morgan fingerprint density at radius 3 is 2.95 bits per heavy atom. The van der Waals surface area contributed by atoms with E-state index in [4.69, 9.17) is 5.73 Å². The molecule has 1 heterocycles. The Hall–Kier alpha value is -2.82. The molecule has 0 fully saturated rings. The number of hydrogen-bond donors (Lipinski definition) is 3. The van der Waals surface area contributed by atoms with Crippen molar-refractivity contribution in [1.29, 1.82) is 0 Å². The number of nitrogen functional groups attached to an aromatic ring is 1. The van der Waals surface area contributed by atoms with Gasteiger partial charge in [-0.25, -0.2) is 0 Å². The molecule has 4 N–H and O–H groups in total. The summed E-state index contributed by atoms with van der Waals surface area (Å²) in [5, 5.41) is 10.5. The monoisotopic (exact) mass is 280 g/mol. The number of aromatic nitrogens is 2. The third-order valence-electron chi connectivity index (χ3n) is 3.34. The second kappa shape index (κ2) is 5.28. The van der Waals surface area contributed by atoms with Gasteiger partial charge < -0.3 is 11.1 Å². The summed E-state index contributed by atoms with van der Waals surface area (Å²) in [5.74, 6) is -0.214. The second-order valence-electron chi connectivity index (χ2n) is 5.05. The minimum absolute atomic E-state index is 0.214. The van der Waals surface area contributed by atoms with Crippen molar-refractivity contribution in [3.8, 4) is 0 Å². The quantitative estimate of drug-likeness (QED) is 0.644. The molecule has 5 heteroatoms. The number of anilines is 1. The second-order valence-corrected chi connectivity index (χ2v) is 5.05. The molecular weight excluding hydrogens is 264 g/mol. The van der Waals surface area contributed by atoms with Crippen LogP contribution in [-0.2, 0) is 6.54 Å². The smallest absolute Gasteiger partial charge is 0.272 e. The molecule has 0 radical (unpaired) electrons. The van der Waals surface area contributed by atoms with Crippen LogP contribution in [0.5, 0.6) is 0 Å². The van der Waals surface area contributed by atoms with E-state index in [1.54, 1.807) is 12.1 Å². The molecule has 5 nitrogen and oxygen atoms in total. The number of hydrogen-bond acceptors (Lipinski definition) is 3. The predicted octanol–water partition coefficient (Wildman–Crippen LogP) is 2.38. The average Bonchev–Trinajstić information content (AvgIpc) is 2.88. The first-order valence-corrected chi connectivity index (χ1v) is 6.71. The average molecular weight is 280 g/mol. The molecular formula is C16H16N4O. The molecule has 21 heavy (non-hydrogen) atoms. The highest BCUT2D eigenvalue weighted by Crippen LogP contribution is 2.18. The van der Waals surface area contributed by atoms with Gasteiger partial charge in [-0.3, -0.25) is 9.89 Å². The van der Waals surface area contributed by atoms with Crippen LogP contribution in [-0.4, -0.2) is 16.1 Å². The summed E-state index contributed by atoms with van der Waals surface area (Å²) in [6, 6.07) is 13.4. The SMILES string of the molecule is Cc1cccc(CNC(=O)c2n[nH]c3ccc(N)cc23)c1. The number of rotatable bonds is 3. The highest BCUT2D eigenvalue weighted by molar-refractivity contribution is 6.05. The molecule has 0 aliphatic carbocycles. The maximum atomic E-state index is 12.3. The van der Waals surface area contributed by atoms with Gasteiger partial charge in [-0.2, -0.15) is 5.10 Å². The summed E-state index contributed by atoms with van der Waals surface area (Å²) >= 11 is 0. The van der Waals surface area contributed by atoms with E-state index in [0.717, 1.165) is 16.5 Å². The van der Waals surface area contributed by atoms with Crippen molar-refractivity contribution >= 4 is 22.5 Å². The van der Waals surface area contributed by atoms with Crippen molar-refractivity contribution in [2.24, 2.45) is 0 Å². The molecule has 106 valence electrons. The normalized spacial score (nSPS) is 10.7. The van der Waals surface area contributed by atoms with Crippen molar-refractivity contribution in [2.75, 3.05) is 5.73 Å². The first-order valence-electron chi connectivity index (χ1n) is 6.71. The maximum absolute atomic E-state index is 12.3. The molecule has 0 saturated heterocycles. The fourth-order valence-corrected chi connectivity index (χ4v) is 2.29. The van der Waals surface area contributed by atoms with Crippen LogP contribution in [0.25, 0.3) is 10.9 Å². The molecule has 1 aromatic heterocycles. The summed E-state index contributed by atoms with van der Waals surface area (Å²) in [7, 11) is 0. The number of H-pyrrole nitrogens is 1. The number of aromatic amines is 1.